The van der Waals surface area contributed by atoms with Gasteiger partial charge in [-0.3, -0.25) is 9.69 Å². The molecule has 2 aromatic carbocycles. The zero-order valence-electron chi connectivity index (χ0n) is 11.5. The maximum absolute atomic E-state index is 12.7. The number of halogens is 2. The molecule has 0 aromatic heterocycles. The maximum atomic E-state index is 12.7. The molecule has 1 aliphatic rings. The van der Waals surface area contributed by atoms with Crippen LogP contribution in [0.3, 0.4) is 0 Å². The zero-order chi connectivity index (χ0) is 14.8. The molecule has 1 heterocycles. The van der Waals surface area contributed by atoms with Crippen molar-refractivity contribution < 1.29 is 4.79 Å². The molecule has 108 valence electrons. The second-order valence-electron chi connectivity index (χ2n) is 5.27. The Labute approximate surface area is 134 Å². The van der Waals surface area contributed by atoms with Gasteiger partial charge < -0.3 is 0 Å². The maximum Gasteiger partial charge on any atom is 0.193 e. The van der Waals surface area contributed by atoms with E-state index in [1.165, 1.54) is 6.42 Å². The SMILES string of the molecule is O=C(c1cc(Cl)cc(Cl)c1)c1ccccc1CN1CCC1. The van der Waals surface area contributed by atoms with E-state index < -0.39 is 0 Å². The summed E-state index contributed by atoms with van der Waals surface area (Å²) >= 11 is 12.0. The van der Waals surface area contributed by atoms with Gasteiger partial charge in [0, 0.05) is 27.7 Å². The molecular weight excluding hydrogens is 305 g/mol. The fourth-order valence-corrected chi connectivity index (χ4v) is 3.03. The van der Waals surface area contributed by atoms with Crippen molar-refractivity contribution >= 4 is 29.0 Å². The van der Waals surface area contributed by atoms with Crippen LogP contribution in [-0.2, 0) is 6.54 Å². The van der Waals surface area contributed by atoms with Gasteiger partial charge in [-0.15, -0.1) is 0 Å². The van der Waals surface area contributed by atoms with Crippen molar-refractivity contribution in [2.45, 2.75) is 13.0 Å². The normalized spacial score (nSPS) is 14.8. The van der Waals surface area contributed by atoms with Gasteiger partial charge in [0.25, 0.3) is 0 Å². The van der Waals surface area contributed by atoms with E-state index in [9.17, 15) is 4.79 Å². The number of carbonyl (C=O) groups is 1. The Morgan fingerprint density at radius 1 is 1.05 bits per heavy atom. The van der Waals surface area contributed by atoms with Crippen LogP contribution in [0.5, 0.6) is 0 Å². The molecule has 0 spiro atoms. The number of rotatable bonds is 4. The predicted molar refractivity (Wildman–Crippen MR) is 86.2 cm³/mol. The summed E-state index contributed by atoms with van der Waals surface area (Å²) in [6, 6.07) is 12.7. The Hall–Kier alpha value is -1.35. The molecule has 0 unspecified atom stereocenters. The smallest absolute Gasteiger partial charge is 0.193 e. The van der Waals surface area contributed by atoms with Gasteiger partial charge in [-0.05, 0) is 43.3 Å². The second kappa shape index (κ2) is 6.18. The summed E-state index contributed by atoms with van der Waals surface area (Å²) in [7, 11) is 0. The Kier molecular flexibility index (Phi) is 4.29. The van der Waals surface area contributed by atoms with E-state index in [0.29, 0.717) is 15.6 Å². The number of hydrogen-bond acceptors (Lipinski definition) is 2. The van der Waals surface area contributed by atoms with Gasteiger partial charge >= 0.3 is 0 Å². The van der Waals surface area contributed by atoms with E-state index in [2.05, 4.69) is 4.90 Å². The summed E-state index contributed by atoms with van der Waals surface area (Å²) in [6.45, 7) is 3.02. The molecule has 2 nitrogen and oxygen atoms in total. The van der Waals surface area contributed by atoms with Crippen LogP contribution in [0.1, 0.15) is 27.9 Å². The van der Waals surface area contributed by atoms with Crippen LogP contribution >= 0.6 is 23.2 Å². The first-order valence-corrected chi connectivity index (χ1v) is 7.70. The molecule has 0 bridgehead atoms. The predicted octanol–water partition coefficient (Wildman–Crippen LogP) is 4.43. The zero-order valence-corrected chi connectivity index (χ0v) is 13.0. The third kappa shape index (κ3) is 3.29. The third-order valence-corrected chi connectivity index (χ3v) is 4.17. The van der Waals surface area contributed by atoms with E-state index in [1.54, 1.807) is 18.2 Å². The summed E-state index contributed by atoms with van der Waals surface area (Å²) in [4.78, 5) is 15.1. The third-order valence-electron chi connectivity index (χ3n) is 3.73. The van der Waals surface area contributed by atoms with Gasteiger partial charge in [0.05, 0.1) is 0 Å². The van der Waals surface area contributed by atoms with Gasteiger partial charge in [-0.25, -0.2) is 0 Å². The van der Waals surface area contributed by atoms with Crippen molar-refractivity contribution in [1.82, 2.24) is 4.90 Å². The van der Waals surface area contributed by atoms with Crippen LogP contribution in [0.2, 0.25) is 10.0 Å². The number of carbonyl (C=O) groups excluding carboxylic acids is 1. The van der Waals surface area contributed by atoms with Crippen molar-refractivity contribution in [3.05, 3.63) is 69.2 Å². The average molecular weight is 320 g/mol. The van der Waals surface area contributed by atoms with Gasteiger partial charge in [0.15, 0.2) is 5.78 Å². The van der Waals surface area contributed by atoms with Crippen LogP contribution in [-0.4, -0.2) is 23.8 Å². The molecule has 0 saturated carbocycles. The molecule has 21 heavy (non-hydrogen) atoms. The van der Waals surface area contributed by atoms with Crippen molar-refractivity contribution in [3.8, 4) is 0 Å². The van der Waals surface area contributed by atoms with Crippen LogP contribution in [0.15, 0.2) is 42.5 Å². The summed E-state index contributed by atoms with van der Waals surface area (Å²) in [6.07, 6.45) is 1.24. The fraction of sp³-hybridized carbons (Fsp3) is 0.235. The molecule has 1 aliphatic heterocycles. The molecule has 0 radical (unpaired) electrons. The number of likely N-dealkylation sites (tertiary alicyclic amines) is 1. The topological polar surface area (TPSA) is 20.3 Å². The number of benzene rings is 2. The number of hydrogen-bond donors (Lipinski definition) is 0. The quantitative estimate of drug-likeness (QED) is 0.777. The minimum Gasteiger partial charge on any atom is -0.299 e. The van der Waals surface area contributed by atoms with Crippen LogP contribution in [0.25, 0.3) is 0 Å². The fourth-order valence-electron chi connectivity index (χ4n) is 2.50. The highest BCUT2D eigenvalue weighted by atomic mass is 35.5. The lowest BCUT2D eigenvalue weighted by atomic mass is 9.97. The van der Waals surface area contributed by atoms with Crippen LogP contribution in [0.4, 0.5) is 0 Å². The first kappa shape index (κ1) is 14.6. The molecule has 1 fully saturated rings. The Balaban J connectivity index is 1.93. The van der Waals surface area contributed by atoms with Crippen LogP contribution < -0.4 is 0 Å². The highest BCUT2D eigenvalue weighted by Gasteiger charge is 2.19. The van der Waals surface area contributed by atoms with Gasteiger partial charge in [0.2, 0.25) is 0 Å². The van der Waals surface area contributed by atoms with Crippen LogP contribution in [0, 0.1) is 0 Å². The minimum atomic E-state index is -0.0319. The van der Waals surface area contributed by atoms with Crippen molar-refractivity contribution in [2.24, 2.45) is 0 Å². The Bertz CT molecular complexity index is 660. The highest BCUT2D eigenvalue weighted by molar-refractivity contribution is 6.35. The summed E-state index contributed by atoms with van der Waals surface area (Å²) in [5.74, 6) is -0.0319. The monoisotopic (exact) mass is 319 g/mol. The molecule has 1 saturated heterocycles. The van der Waals surface area contributed by atoms with Crippen molar-refractivity contribution in [3.63, 3.8) is 0 Å². The molecule has 4 heteroatoms. The highest BCUT2D eigenvalue weighted by Crippen LogP contribution is 2.23. The summed E-state index contributed by atoms with van der Waals surface area (Å²) < 4.78 is 0. The first-order chi connectivity index (χ1) is 10.1. The molecule has 0 N–H and O–H groups in total. The van der Waals surface area contributed by atoms with Gasteiger partial charge in [0.1, 0.15) is 0 Å². The Morgan fingerprint density at radius 2 is 1.71 bits per heavy atom. The van der Waals surface area contributed by atoms with E-state index in [0.717, 1.165) is 30.8 Å². The standard InChI is InChI=1S/C17H15Cl2NO/c18-14-8-13(9-15(19)10-14)17(21)16-5-2-1-4-12(16)11-20-6-3-7-20/h1-2,4-5,8-10H,3,6-7,11H2. The minimum absolute atomic E-state index is 0.0319. The number of ketones is 1. The largest absolute Gasteiger partial charge is 0.299 e. The van der Waals surface area contributed by atoms with Gasteiger partial charge in [-0.2, -0.15) is 0 Å². The number of nitrogens with zero attached hydrogens (tertiary/aromatic N) is 1. The second-order valence-corrected chi connectivity index (χ2v) is 6.15. The van der Waals surface area contributed by atoms with Crippen molar-refractivity contribution in [2.75, 3.05) is 13.1 Å². The molecule has 0 atom stereocenters. The van der Waals surface area contributed by atoms with Gasteiger partial charge in [-0.1, -0.05) is 47.5 Å². The molecular formula is C17H15Cl2NO. The molecule has 2 aromatic rings. The first-order valence-electron chi connectivity index (χ1n) is 6.94. The molecule has 0 aliphatic carbocycles. The van der Waals surface area contributed by atoms with E-state index in [1.807, 2.05) is 24.3 Å². The van der Waals surface area contributed by atoms with E-state index in [-0.39, 0.29) is 5.78 Å². The average Bonchev–Trinajstić information content (AvgIpc) is 2.41. The lowest BCUT2D eigenvalue weighted by Gasteiger charge is -2.31. The Morgan fingerprint density at radius 3 is 2.33 bits per heavy atom. The van der Waals surface area contributed by atoms with Crippen molar-refractivity contribution in [1.29, 1.82) is 0 Å². The summed E-state index contributed by atoms with van der Waals surface area (Å²) in [5, 5.41) is 0.956. The van der Waals surface area contributed by atoms with E-state index >= 15 is 0 Å². The molecule has 0 amide bonds. The summed E-state index contributed by atoms with van der Waals surface area (Å²) in [5.41, 5.74) is 2.31. The van der Waals surface area contributed by atoms with E-state index in [4.69, 9.17) is 23.2 Å². The molecule has 3 rings (SSSR count). The lowest BCUT2D eigenvalue weighted by molar-refractivity contribution is 0.103. The lowest BCUT2D eigenvalue weighted by Crippen LogP contribution is -2.36.